The zero-order valence-electron chi connectivity index (χ0n) is 17.9. The molecule has 1 aliphatic rings. The van der Waals surface area contributed by atoms with Crippen LogP contribution in [-0.2, 0) is 9.53 Å². The maximum Gasteiger partial charge on any atom is 0.305 e. The molecule has 2 N–H and O–H groups in total. The van der Waals surface area contributed by atoms with Crippen LogP contribution >= 0.6 is 0 Å². The monoisotopic (exact) mass is 436 g/mol. The molecule has 0 unspecified atom stereocenters. The van der Waals surface area contributed by atoms with Crippen LogP contribution in [0.1, 0.15) is 41.3 Å². The number of carbonyl (C=O) groups is 2. The van der Waals surface area contributed by atoms with E-state index < -0.39 is 0 Å². The first-order valence-electron chi connectivity index (χ1n) is 10.3. The Hall–Kier alpha value is -3.81. The van der Waals surface area contributed by atoms with E-state index >= 15 is 0 Å². The molecule has 0 fully saturated rings. The zero-order valence-corrected chi connectivity index (χ0v) is 17.9. The number of ether oxygens (including phenoxy) is 3. The summed E-state index contributed by atoms with van der Waals surface area (Å²) in [7, 11) is 1.35. The smallest absolute Gasteiger partial charge is 0.305 e. The molecule has 0 saturated heterocycles. The summed E-state index contributed by atoms with van der Waals surface area (Å²) in [6, 6.07) is 10.7. The Morgan fingerprint density at radius 1 is 1.09 bits per heavy atom. The lowest BCUT2D eigenvalue weighted by molar-refractivity contribution is -0.140. The van der Waals surface area contributed by atoms with Crippen LogP contribution in [0.4, 0.5) is 0 Å². The van der Waals surface area contributed by atoms with Crippen LogP contribution in [0.2, 0.25) is 0 Å². The summed E-state index contributed by atoms with van der Waals surface area (Å²) in [5.74, 6) is 0.811. The van der Waals surface area contributed by atoms with Gasteiger partial charge in [0.2, 0.25) is 0 Å². The first-order chi connectivity index (χ1) is 15.5. The summed E-state index contributed by atoms with van der Waals surface area (Å²) >= 11 is 0. The number of fused-ring (bicyclic) bond motifs is 2. The molecule has 0 amide bonds. The van der Waals surface area contributed by atoms with Gasteiger partial charge in [0.05, 0.1) is 18.4 Å². The van der Waals surface area contributed by atoms with Gasteiger partial charge in [-0.15, -0.1) is 0 Å². The summed E-state index contributed by atoms with van der Waals surface area (Å²) in [5.41, 5.74) is 2.94. The van der Waals surface area contributed by atoms with E-state index in [4.69, 9.17) is 19.2 Å². The Morgan fingerprint density at radius 3 is 2.59 bits per heavy atom. The lowest BCUT2D eigenvalue weighted by Gasteiger charge is -2.19. The van der Waals surface area contributed by atoms with Crippen molar-refractivity contribution in [2.75, 3.05) is 26.9 Å². The van der Waals surface area contributed by atoms with Crippen molar-refractivity contribution in [3.8, 4) is 17.4 Å². The minimum atomic E-state index is -0.304. The van der Waals surface area contributed by atoms with Gasteiger partial charge < -0.3 is 24.3 Å². The number of esters is 1. The predicted octanol–water partition coefficient (Wildman–Crippen LogP) is 3.64. The highest BCUT2D eigenvalue weighted by Crippen LogP contribution is 2.35. The van der Waals surface area contributed by atoms with Gasteiger partial charge in [-0.1, -0.05) is 0 Å². The van der Waals surface area contributed by atoms with Crippen molar-refractivity contribution in [3.63, 3.8) is 0 Å². The standard InChI is InChI=1S/C24H24N2O6/c1-14(27)15-5-7-18-17(12-15)22(24(29)26-18)23(25-9-3-4-21(28)30-2)16-6-8-19-20(13-16)32-11-10-31-19/h5-8,12-13,26,29H,3-4,9-11H2,1-2H3. The van der Waals surface area contributed by atoms with Crippen molar-refractivity contribution < 1.29 is 28.9 Å². The fourth-order valence-electron chi connectivity index (χ4n) is 3.66. The van der Waals surface area contributed by atoms with Crippen LogP contribution in [0.15, 0.2) is 41.4 Å². The number of Topliss-reactive ketones (excluding diaryl/α,β-unsaturated/α-hetero) is 1. The van der Waals surface area contributed by atoms with Gasteiger partial charge in [0.15, 0.2) is 23.2 Å². The van der Waals surface area contributed by atoms with E-state index in [1.54, 1.807) is 24.3 Å². The van der Waals surface area contributed by atoms with E-state index in [1.165, 1.54) is 14.0 Å². The minimum Gasteiger partial charge on any atom is -0.494 e. The van der Waals surface area contributed by atoms with Gasteiger partial charge in [-0.25, -0.2) is 0 Å². The number of hydrogen-bond acceptors (Lipinski definition) is 7. The van der Waals surface area contributed by atoms with E-state index in [9.17, 15) is 14.7 Å². The molecule has 0 aliphatic carbocycles. The molecule has 3 aromatic rings. The topological polar surface area (TPSA) is 110 Å². The number of hydrogen-bond donors (Lipinski definition) is 2. The molecule has 1 aliphatic heterocycles. The minimum absolute atomic E-state index is 0.0534. The maximum absolute atomic E-state index is 11.9. The third kappa shape index (κ3) is 4.30. The predicted molar refractivity (Wildman–Crippen MR) is 119 cm³/mol. The molecule has 0 radical (unpaired) electrons. The Bertz CT molecular complexity index is 1210. The zero-order chi connectivity index (χ0) is 22.7. The van der Waals surface area contributed by atoms with Crippen LogP contribution in [0.3, 0.4) is 0 Å². The van der Waals surface area contributed by atoms with Crippen LogP contribution in [-0.4, -0.2) is 54.4 Å². The van der Waals surface area contributed by atoms with Crippen LogP contribution in [0.5, 0.6) is 17.4 Å². The highest BCUT2D eigenvalue weighted by Gasteiger charge is 2.21. The van der Waals surface area contributed by atoms with Crippen molar-refractivity contribution in [1.82, 2.24) is 4.98 Å². The highest BCUT2D eigenvalue weighted by atomic mass is 16.6. The largest absolute Gasteiger partial charge is 0.494 e. The number of rotatable bonds is 7. The first kappa shape index (κ1) is 21.4. The summed E-state index contributed by atoms with van der Waals surface area (Å²) in [6.45, 7) is 2.77. The van der Waals surface area contributed by atoms with E-state index in [0.717, 1.165) is 5.56 Å². The van der Waals surface area contributed by atoms with E-state index in [0.29, 0.717) is 65.4 Å². The Labute approximate surface area is 184 Å². The average molecular weight is 436 g/mol. The van der Waals surface area contributed by atoms with Crippen molar-refractivity contribution >= 4 is 28.4 Å². The lowest BCUT2D eigenvalue weighted by atomic mass is 9.98. The van der Waals surface area contributed by atoms with E-state index in [2.05, 4.69) is 4.98 Å². The van der Waals surface area contributed by atoms with Gasteiger partial charge in [0.1, 0.15) is 13.2 Å². The molecule has 0 saturated carbocycles. The number of nitrogens with zero attached hydrogens (tertiary/aromatic N) is 1. The fourth-order valence-corrected chi connectivity index (χ4v) is 3.66. The summed E-state index contributed by atoms with van der Waals surface area (Å²) in [5, 5.41) is 11.4. The second-order valence-corrected chi connectivity index (χ2v) is 7.43. The van der Waals surface area contributed by atoms with Crippen molar-refractivity contribution in [2.24, 2.45) is 4.99 Å². The average Bonchev–Trinajstić information content (AvgIpc) is 3.13. The number of aliphatic imine (C=N–C) groups is 1. The molecule has 166 valence electrons. The first-order valence-corrected chi connectivity index (χ1v) is 10.3. The molecule has 4 rings (SSSR count). The molecule has 0 bridgehead atoms. The normalized spacial score (nSPS) is 13.2. The second kappa shape index (κ2) is 9.13. The second-order valence-electron chi connectivity index (χ2n) is 7.43. The molecule has 8 heteroatoms. The lowest BCUT2D eigenvalue weighted by Crippen LogP contribution is -2.16. The van der Waals surface area contributed by atoms with Gasteiger partial charge in [0, 0.05) is 35.0 Å². The quantitative estimate of drug-likeness (QED) is 0.253. The molecule has 0 spiro atoms. The number of benzene rings is 2. The fraction of sp³-hybridized carbons (Fsp3) is 0.292. The summed E-state index contributed by atoms with van der Waals surface area (Å²) < 4.78 is 16.0. The summed E-state index contributed by atoms with van der Waals surface area (Å²) in [6.07, 6.45) is 0.727. The molecule has 2 heterocycles. The number of H-pyrrole nitrogens is 1. The molecule has 32 heavy (non-hydrogen) atoms. The molecule has 1 aromatic heterocycles. The van der Waals surface area contributed by atoms with Crippen LogP contribution in [0.25, 0.3) is 10.9 Å². The maximum atomic E-state index is 11.9. The number of ketones is 1. The van der Waals surface area contributed by atoms with Gasteiger partial charge in [0.25, 0.3) is 0 Å². The molecular weight excluding hydrogens is 412 g/mol. The molecule has 8 nitrogen and oxygen atoms in total. The van der Waals surface area contributed by atoms with E-state index in [1.807, 2.05) is 12.1 Å². The van der Waals surface area contributed by atoms with Gasteiger partial charge in [-0.3, -0.25) is 14.6 Å². The van der Waals surface area contributed by atoms with E-state index in [-0.39, 0.29) is 24.1 Å². The highest BCUT2D eigenvalue weighted by molar-refractivity contribution is 6.21. The van der Waals surface area contributed by atoms with Gasteiger partial charge >= 0.3 is 5.97 Å². The third-order valence-electron chi connectivity index (χ3n) is 5.27. The Morgan fingerprint density at radius 2 is 1.84 bits per heavy atom. The molecular formula is C24H24N2O6. The Balaban J connectivity index is 1.81. The Kier molecular flexibility index (Phi) is 6.11. The number of aromatic hydroxyl groups is 1. The molecule has 2 aromatic carbocycles. The number of aromatic nitrogens is 1. The number of carbonyl (C=O) groups excluding carboxylic acids is 2. The van der Waals surface area contributed by atoms with Crippen molar-refractivity contribution in [3.05, 3.63) is 53.1 Å². The van der Waals surface area contributed by atoms with Gasteiger partial charge in [-0.2, -0.15) is 0 Å². The SMILES string of the molecule is COC(=O)CCCN=C(c1ccc2c(c1)OCCO2)c1c(O)[nH]c2ccc(C(C)=O)cc12. The number of nitrogens with one attached hydrogen (secondary N) is 1. The molecule has 0 atom stereocenters. The van der Waals surface area contributed by atoms with Crippen molar-refractivity contribution in [1.29, 1.82) is 0 Å². The third-order valence-corrected chi connectivity index (χ3v) is 5.27. The number of aromatic amines is 1. The number of methoxy groups -OCH3 is 1. The van der Waals surface area contributed by atoms with Gasteiger partial charge in [-0.05, 0) is 49.7 Å². The van der Waals surface area contributed by atoms with Crippen LogP contribution in [0, 0.1) is 0 Å². The van der Waals surface area contributed by atoms with Crippen molar-refractivity contribution in [2.45, 2.75) is 19.8 Å². The summed E-state index contributed by atoms with van der Waals surface area (Å²) in [4.78, 5) is 31.1. The van der Waals surface area contributed by atoms with Crippen LogP contribution < -0.4 is 9.47 Å².